The SMILES string of the molecule is COc1ccc(CNC(=O)[C@@H](C)[C@@H]2Sc3ccccc3N(Cc3ccc(F)cc3Cl)C2=O)cc1. The number of ether oxygens (including phenoxy) is 1. The molecule has 1 aliphatic rings. The van der Waals surface area contributed by atoms with Crippen molar-refractivity contribution in [3.63, 3.8) is 0 Å². The number of carbonyl (C=O) groups is 2. The van der Waals surface area contributed by atoms with E-state index in [1.54, 1.807) is 25.0 Å². The highest BCUT2D eigenvalue weighted by Gasteiger charge is 2.39. The molecule has 0 radical (unpaired) electrons. The van der Waals surface area contributed by atoms with Gasteiger partial charge in [0.1, 0.15) is 16.8 Å². The molecule has 1 aliphatic heterocycles. The Kier molecular flexibility index (Phi) is 7.44. The van der Waals surface area contributed by atoms with Crippen molar-refractivity contribution in [2.75, 3.05) is 12.0 Å². The van der Waals surface area contributed by atoms with Gasteiger partial charge in [0, 0.05) is 16.5 Å². The number of carbonyl (C=O) groups excluding carboxylic acids is 2. The lowest BCUT2D eigenvalue weighted by Crippen LogP contribution is -2.47. The van der Waals surface area contributed by atoms with Gasteiger partial charge >= 0.3 is 0 Å². The van der Waals surface area contributed by atoms with Crippen LogP contribution in [-0.4, -0.2) is 24.2 Å². The largest absolute Gasteiger partial charge is 0.497 e. The van der Waals surface area contributed by atoms with Crippen molar-refractivity contribution in [1.82, 2.24) is 5.32 Å². The minimum atomic E-state index is -0.606. The van der Waals surface area contributed by atoms with Crippen LogP contribution in [0, 0.1) is 11.7 Å². The average molecular weight is 499 g/mol. The molecule has 0 fully saturated rings. The Hall–Kier alpha value is -3.03. The zero-order chi connectivity index (χ0) is 24.2. The summed E-state index contributed by atoms with van der Waals surface area (Å²) in [6.07, 6.45) is 0. The first-order chi connectivity index (χ1) is 16.4. The third-order valence-electron chi connectivity index (χ3n) is 5.76. The second-order valence-corrected chi connectivity index (χ2v) is 9.61. The molecule has 0 bridgehead atoms. The Labute approximate surface area is 207 Å². The van der Waals surface area contributed by atoms with Crippen LogP contribution in [0.5, 0.6) is 5.75 Å². The van der Waals surface area contributed by atoms with Crippen molar-refractivity contribution < 1.29 is 18.7 Å². The van der Waals surface area contributed by atoms with Crippen LogP contribution >= 0.6 is 23.4 Å². The van der Waals surface area contributed by atoms with Gasteiger partial charge in [-0.05, 0) is 47.5 Å². The highest BCUT2D eigenvalue weighted by molar-refractivity contribution is 8.01. The second kappa shape index (κ2) is 10.5. The lowest BCUT2D eigenvalue weighted by Gasteiger charge is -2.36. The smallest absolute Gasteiger partial charge is 0.241 e. The molecule has 1 N–H and O–H groups in total. The van der Waals surface area contributed by atoms with Gasteiger partial charge in [-0.15, -0.1) is 11.8 Å². The van der Waals surface area contributed by atoms with E-state index in [4.69, 9.17) is 16.3 Å². The van der Waals surface area contributed by atoms with Gasteiger partial charge in [0.15, 0.2) is 0 Å². The zero-order valence-electron chi connectivity index (χ0n) is 18.8. The van der Waals surface area contributed by atoms with Crippen molar-refractivity contribution in [2.24, 2.45) is 5.92 Å². The summed E-state index contributed by atoms with van der Waals surface area (Å²) in [6.45, 7) is 2.30. The van der Waals surface area contributed by atoms with Crippen LogP contribution in [0.1, 0.15) is 18.1 Å². The number of nitrogens with one attached hydrogen (secondary N) is 1. The monoisotopic (exact) mass is 498 g/mol. The molecule has 0 aromatic heterocycles. The molecule has 8 heteroatoms. The van der Waals surface area contributed by atoms with Crippen LogP contribution in [0.2, 0.25) is 5.02 Å². The number of anilines is 1. The first-order valence-electron chi connectivity index (χ1n) is 10.8. The van der Waals surface area contributed by atoms with Gasteiger partial charge in [0.05, 0.1) is 25.3 Å². The molecule has 0 saturated carbocycles. The fraction of sp³-hybridized carbons (Fsp3) is 0.231. The van der Waals surface area contributed by atoms with Crippen molar-refractivity contribution in [3.05, 3.63) is 88.7 Å². The summed E-state index contributed by atoms with van der Waals surface area (Å²) in [6, 6.07) is 19.1. The first-order valence-corrected chi connectivity index (χ1v) is 12.0. The summed E-state index contributed by atoms with van der Waals surface area (Å²) < 4.78 is 18.7. The van der Waals surface area contributed by atoms with Crippen LogP contribution in [0.3, 0.4) is 0 Å². The maximum absolute atomic E-state index is 13.6. The fourth-order valence-electron chi connectivity index (χ4n) is 3.77. The number of halogens is 2. The van der Waals surface area contributed by atoms with E-state index >= 15 is 0 Å². The topological polar surface area (TPSA) is 58.6 Å². The van der Waals surface area contributed by atoms with Crippen molar-refractivity contribution >= 4 is 40.9 Å². The van der Waals surface area contributed by atoms with Gasteiger partial charge < -0.3 is 15.0 Å². The summed E-state index contributed by atoms with van der Waals surface area (Å²) in [4.78, 5) is 29.1. The molecule has 4 rings (SSSR count). The van der Waals surface area contributed by atoms with Crippen LogP contribution in [0.25, 0.3) is 0 Å². The molecular weight excluding hydrogens is 475 g/mol. The van der Waals surface area contributed by atoms with Crippen LogP contribution in [0.4, 0.5) is 10.1 Å². The van der Waals surface area contributed by atoms with E-state index in [-0.39, 0.29) is 23.4 Å². The number of fused-ring (bicyclic) bond motifs is 1. The number of amides is 2. The molecule has 176 valence electrons. The molecule has 34 heavy (non-hydrogen) atoms. The highest BCUT2D eigenvalue weighted by atomic mass is 35.5. The van der Waals surface area contributed by atoms with E-state index in [9.17, 15) is 14.0 Å². The minimum absolute atomic E-state index is 0.184. The molecule has 5 nitrogen and oxygen atoms in total. The molecule has 3 aromatic carbocycles. The lowest BCUT2D eigenvalue weighted by atomic mass is 10.0. The van der Waals surface area contributed by atoms with Gasteiger partial charge in [-0.3, -0.25) is 9.59 Å². The lowest BCUT2D eigenvalue weighted by molar-refractivity contribution is -0.128. The second-order valence-electron chi connectivity index (χ2n) is 8.02. The van der Waals surface area contributed by atoms with Gasteiger partial charge in [0.2, 0.25) is 11.8 Å². The summed E-state index contributed by atoms with van der Waals surface area (Å²) in [7, 11) is 1.60. The molecule has 0 spiro atoms. The Bertz CT molecular complexity index is 1200. The third-order valence-corrected chi connectivity index (χ3v) is 7.57. The standard InChI is InChI=1S/C26H24ClFN2O3S/c1-16(25(31)29-14-17-7-11-20(33-2)12-8-17)24-26(32)30(22-5-3-4-6-23(22)34-24)15-18-9-10-19(28)13-21(18)27/h3-13,16,24H,14-15H2,1-2H3,(H,29,31)/t16-,24-/m0/s1. The van der Waals surface area contributed by atoms with Gasteiger partial charge in [0.25, 0.3) is 0 Å². The molecule has 2 atom stereocenters. The number of thioether (sulfide) groups is 1. The van der Waals surface area contributed by atoms with Gasteiger partial charge in [-0.25, -0.2) is 4.39 Å². The van der Waals surface area contributed by atoms with Crippen LogP contribution < -0.4 is 15.0 Å². The first kappa shape index (κ1) is 24.1. The molecule has 3 aromatic rings. The van der Waals surface area contributed by atoms with E-state index in [1.165, 1.54) is 23.9 Å². The summed E-state index contributed by atoms with van der Waals surface area (Å²) in [5.74, 6) is -0.658. The van der Waals surface area contributed by atoms with Crippen LogP contribution in [0.15, 0.2) is 71.6 Å². The summed E-state index contributed by atoms with van der Waals surface area (Å²) in [5, 5.41) is 2.58. The Morgan fingerprint density at radius 2 is 1.91 bits per heavy atom. The third kappa shape index (κ3) is 5.21. The molecule has 0 aliphatic carbocycles. The maximum atomic E-state index is 13.6. The molecular formula is C26H24ClFN2O3S. The van der Waals surface area contributed by atoms with Crippen molar-refractivity contribution in [2.45, 2.75) is 30.2 Å². The predicted octanol–water partition coefficient (Wildman–Crippen LogP) is 5.45. The number of nitrogens with zero attached hydrogens (tertiary/aromatic N) is 1. The number of methoxy groups -OCH3 is 1. The van der Waals surface area contributed by atoms with Crippen LogP contribution in [-0.2, 0) is 22.7 Å². The number of hydrogen-bond donors (Lipinski definition) is 1. The summed E-state index contributed by atoms with van der Waals surface area (Å²) >= 11 is 7.62. The Balaban J connectivity index is 1.52. The number of hydrogen-bond acceptors (Lipinski definition) is 4. The Morgan fingerprint density at radius 1 is 1.18 bits per heavy atom. The zero-order valence-corrected chi connectivity index (χ0v) is 20.3. The summed E-state index contributed by atoms with van der Waals surface area (Å²) in [5.41, 5.74) is 2.32. The van der Waals surface area contributed by atoms with Crippen molar-refractivity contribution in [1.29, 1.82) is 0 Å². The van der Waals surface area contributed by atoms with E-state index < -0.39 is 17.0 Å². The predicted molar refractivity (Wildman–Crippen MR) is 133 cm³/mol. The van der Waals surface area contributed by atoms with E-state index in [2.05, 4.69) is 5.32 Å². The van der Waals surface area contributed by atoms with E-state index in [0.29, 0.717) is 12.1 Å². The van der Waals surface area contributed by atoms with E-state index in [1.807, 2.05) is 48.5 Å². The number of rotatable bonds is 7. The van der Waals surface area contributed by atoms with Gasteiger partial charge in [-0.1, -0.05) is 48.9 Å². The number of para-hydroxylation sites is 1. The maximum Gasteiger partial charge on any atom is 0.241 e. The van der Waals surface area contributed by atoms with Crippen molar-refractivity contribution in [3.8, 4) is 5.75 Å². The molecule has 0 saturated heterocycles. The minimum Gasteiger partial charge on any atom is -0.497 e. The van der Waals surface area contributed by atoms with E-state index in [0.717, 1.165) is 21.9 Å². The normalized spacial score (nSPS) is 16.1. The average Bonchev–Trinajstić information content (AvgIpc) is 2.85. The quantitative estimate of drug-likeness (QED) is 0.470. The Morgan fingerprint density at radius 3 is 2.62 bits per heavy atom. The molecule has 2 amide bonds. The molecule has 1 heterocycles. The fourth-order valence-corrected chi connectivity index (χ4v) is 5.28. The highest BCUT2D eigenvalue weighted by Crippen LogP contribution is 2.42. The number of benzene rings is 3. The van der Waals surface area contributed by atoms with Gasteiger partial charge in [-0.2, -0.15) is 0 Å². The molecule has 0 unspecified atom stereocenters.